The maximum atomic E-state index is 11.3. The van der Waals surface area contributed by atoms with Crippen molar-refractivity contribution < 1.29 is 9.90 Å². The topological polar surface area (TPSA) is 75.1 Å². The summed E-state index contributed by atoms with van der Waals surface area (Å²) in [6, 6.07) is 20.6. The van der Waals surface area contributed by atoms with Crippen LogP contribution in [0.15, 0.2) is 66.7 Å². The van der Waals surface area contributed by atoms with Crippen LogP contribution >= 0.6 is 0 Å². The van der Waals surface area contributed by atoms with Gasteiger partial charge in [0.1, 0.15) is 5.82 Å². The van der Waals surface area contributed by atoms with Crippen molar-refractivity contribution in [2.24, 2.45) is 0 Å². The first-order valence-electron chi connectivity index (χ1n) is 8.96. The molecule has 0 radical (unpaired) electrons. The molecule has 0 saturated heterocycles. The SMILES string of the molecule is Cc1ccc(-c2nc(Nc3cccc(C(=O)O)c3)c3ccccc3n2)c(C)c1. The molecule has 5 nitrogen and oxygen atoms in total. The van der Waals surface area contributed by atoms with Crippen LogP contribution in [0, 0.1) is 13.8 Å². The van der Waals surface area contributed by atoms with Crippen molar-refractivity contribution in [1.29, 1.82) is 0 Å². The number of aromatic nitrogens is 2. The molecule has 0 aliphatic carbocycles. The number of fused-ring (bicyclic) bond motifs is 1. The molecule has 5 heteroatoms. The number of rotatable bonds is 4. The lowest BCUT2D eigenvalue weighted by Crippen LogP contribution is -2.02. The van der Waals surface area contributed by atoms with Crippen molar-refractivity contribution in [1.82, 2.24) is 9.97 Å². The first-order valence-corrected chi connectivity index (χ1v) is 8.96. The number of hydrogen-bond acceptors (Lipinski definition) is 4. The Bertz CT molecular complexity index is 1200. The Hall–Kier alpha value is -3.73. The minimum atomic E-state index is -0.966. The van der Waals surface area contributed by atoms with Crippen LogP contribution in [0.5, 0.6) is 0 Å². The van der Waals surface area contributed by atoms with Crippen molar-refractivity contribution in [2.45, 2.75) is 13.8 Å². The van der Waals surface area contributed by atoms with Crippen molar-refractivity contribution in [3.05, 3.63) is 83.4 Å². The number of para-hydroxylation sites is 1. The van der Waals surface area contributed by atoms with Gasteiger partial charge in [-0.25, -0.2) is 14.8 Å². The molecule has 4 aromatic rings. The fourth-order valence-electron chi connectivity index (χ4n) is 3.22. The average molecular weight is 369 g/mol. The summed E-state index contributed by atoms with van der Waals surface area (Å²) < 4.78 is 0. The average Bonchev–Trinajstić information content (AvgIpc) is 2.68. The molecule has 1 aromatic heterocycles. The monoisotopic (exact) mass is 369 g/mol. The molecular weight excluding hydrogens is 350 g/mol. The molecular formula is C23H19N3O2. The van der Waals surface area contributed by atoms with E-state index in [1.165, 1.54) is 5.56 Å². The zero-order valence-electron chi connectivity index (χ0n) is 15.6. The Morgan fingerprint density at radius 1 is 0.929 bits per heavy atom. The van der Waals surface area contributed by atoms with Gasteiger partial charge >= 0.3 is 5.97 Å². The molecule has 4 rings (SSSR count). The van der Waals surface area contributed by atoms with E-state index in [1.54, 1.807) is 18.2 Å². The molecule has 0 atom stereocenters. The summed E-state index contributed by atoms with van der Waals surface area (Å²) in [5.74, 6) is 0.309. The maximum Gasteiger partial charge on any atom is 0.335 e. The Morgan fingerprint density at radius 3 is 2.54 bits per heavy atom. The van der Waals surface area contributed by atoms with Crippen LogP contribution in [-0.4, -0.2) is 21.0 Å². The van der Waals surface area contributed by atoms with Gasteiger partial charge in [0.15, 0.2) is 5.82 Å². The number of hydrogen-bond donors (Lipinski definition) is 2. The molecule has 3 aromatic carbocycles. The van der Waals surface area contributed by atoms with Crippen LogP contribution in [0.4, 0.5) is 11.5 Å². The van der Waals surface area contributed by atoms with Crippen molar-refractivity contribution >= 4 is 28.4 Å². The molecule has 138 valence electrons. The van der Waals surface area contributed by atoms with Gasteiger partial charge in [-0.1, -0.05) is 42.0 Å². The normalized spacial score (nSPS) is 10.8. The number of aryl methyl sites for hydroxylation is 2. The maximum absolute atomic E-state index is 11.3. The zero-order chi connectivity index (χ0) is 19.7. The molecule has 0 unspecified atom stereocenters. The van der Waals surface area contributed by atoms with Crippen LogP contribution < -0.4 is 5.32 Å². The van der Waals surface area contributed by atoms with Gasteiger partial charge in [-0.3, -0.25) is 0 Å². The van der Waals surface area contributed by atoms with E-state index in [2.05, 4.69) is 18.3 Å². The largest absolute Gasteiger partial charge is 0.478 e. The van der Waals surface area contributed by atoms with Gasteiger partial charge in [0.2, 0.25) is 0 Å². The Balaban J connectivity index is 1.85. The third kappa shape index (κ3) is 3.42. The standard InChI is InChI=1S/C23H19N3O2/c1-14-10-11-18(15(2)12-14)21-25-20-9-4-3-8-19(20)22(26-21)24-17-7-5-6-16(13-17)23(27)28/h3-13H,1-2H3,(H,27,28)(H,24,25,26). The second kappa shape index (κ2) is 7.12. The number of carboxylic acids is 1. The molecule has 0 amide bonds. The van der Waals surface area contributed by atoms with Crippen LogP contribution in [0.3, 0.4) is 0 Å². The van der Waals surface area contributed by atoms with Gasteiger partial charge in [0.05, 0.1) is 11.1 Å². The summed E-state index contributed by atoms with van der Waals surface area (Å²) in [6.45, 7) is 4.10. The lowest BCUT2D eigenvalue weighted by Gasteiger charge is -2.13. The number of anilines is 2. The fourth-order valence-corrected chi connectivity index (χ4v) is 3.22. The third-order valence-corrected chi connectivity index (χ3v) is 4.60. The highest BCUT2D eigenvalue weighted by Gasteiger charge is 2.12. The Labute approximate surface area is 162 Å². The molecule has 0 bridgehead atoms. The van der Waals surface area contributed by atoms with E-state index in [0.717, 1.165) is 22.0 Å². The van der Waals surface area contributed by atoms with Gasteiger partial charge in [-0.2, -0.15) is 0 Å². The first kappa shape index (κ1) is 17.7. The quantitative estimate of drug-likeness (QED) is 0.507. The number of carbonyl (C=O) groups is 1. The zero-order valence-corrected chi connectivity index (χ0v) is 15.6. The second-order valence-corrected chi connectivity index (χ2v) is 6.74. The van der Waals surface area contributed by atoms with E-state index in [9.17, 15) is 9.90 Å². The van der Waals surface area contributed by atoms with Crippen molar-refractivity contribution in [2.75, 3.05) is 5.32 Å². The summed E-state index contributed by atoms with van der Waals surface area (Å²) in [4.78, 5) is 20.8. The van der Waals surface area contributed by atoms with Crippen LogP contribution in [0.2, 0.25) is 0 Å². The highest BCUT2D eigenvalue weighted by molar-refractivity contribution is 5.93. The molecule has 0 aliphatic rings. The second-order valence-electron chi connectivity index (χ2n) is 6.74. The Morgan fingerprint density at radius 2 is 1.75 bits per heavy atom. The summed E-state index contributed by atoms with van der Waals surface area (Å²) in [7, 11) is 0. The van der Waals surface area contributed by atoms with Crippen molar-refractivity contribution in [3.63, 3.8) is 0 Å². The molecule has 0 aliphatic heterocycles. The van der Waals surface area contributed by atoms with Crippen LogP contribution in [-0.2, 0) is 0 Å². The first-order chi connectivity index (χ1) is 13.5. The number of benzene rings is 3. The fraction of sp³-hybridized carbons (Fsp3) is 0.0870. The molecule has 0 fully saturated rings. The molecule has 2 N–H and O–H groups in total. The van der Waals surface area contributed by atoms with Gasteiger partial charge < -0.3 is 10.4 Å². The Kier molecular flexibility index (Phi) is 4.49. The molecule has 1 heterocycles. The highest BCUT2D eigenvalue weighted by Crippen LogP contribution is 2.29. The number of nitrogens with one attached hydrogen (secondary N) is 1. The van der Waals surface area contributed by atoms with E-state index >= 15 is 0 Å². The number of nitrogens with zero attached hydrogens (tertiary/aromatic N) is 2. The summed E-state index contributed by atoms with van der Waals surface area (Å²) in [5, 5.41) is 13.4. The third-order valence-electron chi connectivity index (χ3n) is 4.60. The van der Waals surface area contributed by atoms with Gasteiger partial charge in [-0.15, -0.1) is 0 Å². The molecule has 28 heavy (non-hydrogen) atoms. The van der Waals surface area contributed by atoms with Gasteiger partial charge in [-0.05, 0) is 49.7 Å². The molecule has 0 spiro atoms. The van der Waals surface area contributed by atoms with E-state index in [4.69, 9.17) is 9.97 Å². The summed E-state index contributed by atoms with van der Waals surface area (Å²) >= 11 is 0. The number of carboxylic acid groups (broad SMARTS) is 1. The van der Waals surface area contributed by atoms with Crippen LogP contribution in [0.1, 0.15) is 21.5 Å². The predicted octanol–water partition coefficient (Wildman–Crippen LogP) is 5.36. The van der Waals surface area contributed by atoms with E-state index in [0.29, 0.717) is 17.3 Å². The number of aromatic carboxylic acids is 1. The highest BCUT2D eigenvalue weighted by atomic mass is 16.4. The predicted molar refractivity (Wildman–Crippen MR) is 111 cm³/mol. The summed E-state index contributed by atoms with van der Waals surface area (Å²) in [6.07, 6.45) is 0. The van der Waals surface area contributed by atoms with E-state index < -0.39 is 5.97 Å². The van der Waals surface area contributed by atoms with E-state index in [1.807, 2.05) is 49.4 Å². The van der Waals surface area contributed by atoms with Gasteiger partial charge in [0.25, 0.3) is 0 Å². The smallest absolute Gasteiger partial charge is 0.335 e. The summed E-state index contributed by atoms with van der Waals surface area (Å²) in [5.41, 5.74) is 4.97. The van der Waals surface area contributed by atoms with Crippen molar-refractivity contribution in [3.8, 4) is 11.4 Å². The van der Waals surface area contributed by atoms with Gasteiger partial charge in [0, 0.05) is 16.6 Å². The minimum absolute atomic E-state index is 0.220. The van der Waals surface area contributed by atoms with E-state index in [-0.39, 0.29) is 5.56 Å². The minimum Gasteiger partial charge on any atom is -0.478 e. The lowest BCUT2D eigenvalue weighted by molar-refractivity contribution is 0.0697. The molecule has 0 saturated carbocycles. The lowest BCUT2D eigenvalue weighted by atomic mass is 10.0. The van der Waals surface area contributed by atoms with Crippen LogP contribution in [0.25, 0.3) is 22.3 Å².